The van der Waals surface area contributed by atoms with Crippen molar-refractivity contribution in [3.05, 3.63) is 211 Å². The number of rotatable bonds is 7. The van der Waals surface area contributed by atoms with E-state index in [4.69, 9.17) is 0 Å². The summed E-state index contributed by atoms with van der Waals surface area (Å²) in [7, 11) is 0. The topological polar surface area (TPSA) is 11.4 Å². The van der Waals surface area contributed by atoms with Gasteiger partial charge in [-0.15, -0.1) is 0 Å². The Kier molecular flexibility index (Phi) is 7.48. The summed E-state index contributed by atoms with van der Waals surface area (Å²) in [5.74, 6) is 0. The van der Waals surface area contributed by atoms with Crippen molar-refractivity contribution >= 4 is 55.9 Å². The molecule has 0 spiro atoms. The van der Waals surface area contributed by atoms with Crippen LogP contribution in [0.5, 0.6) is 0 Å². The summed E-state index contributed by atoms with van der Waals surface area (Å²) in [6.07, 6.45) is 0. The number of benzene rings is 8. The summed E-state index contributed by atoms with van der Waals surface area (Å²) in [5, 5.41) is 2.46. The van der Waals surface area contributed by atoms with E-state index >= 15 is 0 Å². The summed E-state index contributed by atoms with van der Waals surface area (Å²) in [6, 6.07) is 72.4. The molecule has 0 saturated carbocycles. The van der Waals surface area contributed by atoms with Crippen LogP contribution in [0.2, 0.25) is 0 Å². The molecule has 54 heavy (non-hydrogen) atoms. The fraction of sp³-hybridized carbons (Fsp3) is 0.0588. The molecule has 1 aromatic heterocycles. The second-order valence-corrected chi connectivity index (χ2v) is 14.6. The third-order valence-electron chi connectivity index (χ3n) is 11.1. The minimum Gasteiger partial charge on any atom is -0.310 e. The first-order valence-corrected chi connectivity index (χ1v) is 18.7. The highest BCUT2D eigenvalue weighted by Crippen LogP contribution is 2.58. The third-order valence-corrected chi connectivity index (χ3v) is 11.1. The SMILES string of the molecule is CC1(C)c2ccccc2-c2c(N(c3ccccc3)c3ccccc3)ccc(N(c3ccccc3)c3ccc4c(c3)c3ccccc3n4-c3ccccc3)c21. The lowest BCUT2D eigenvalue weighted by atomic mass is 9.81. The lowest BCUT2D eigenvalue weighted by Crippen LogP contribution is -2.21. The maximum Gasteiger partial charge on any atom is 0.0544 e. The standard InChI is InChI=1S/C51H39N3/c1-51(2)44-29-17-15-28-42(44)49-47(52(36-19-7-3-8-20-36)37-21-9-4-10-22-37)33-34-48(50(49)51)53(38-23-11-5-12-24-38)40-31-32-46-43(35-40)41-27-16-18-30-45(41)54(46)39-25-13-6-14-26-39/h3-35H,1-2H3. The monoisotopic (exact) mass is 693 g/mol. The van der Waals surface area contributed by atoms with Crippen LogP contribution in [0.25, 0.3) is 38.6 Å². The summed E-state index contributed by atoms with van der Waals surface area (Å²) < 4.78 is 2.38. The molecule has 3 nitrogen and oxygen atoms in total. The van der Waals surface area contributed by atoms with Crippen molar-refractivity contribution in [2.45, 2.75) is 19.3 Å². The highest BCUT2D eigenvalue weighted by Gasteiger charge is 2.41. The van der Waals surface area contributed by atoms with Crippen LogP contribution in [-0.2, 0) is 5.41 Å². The van der Waals surface area contributed by atoms with Gasteiger partial charge in [-0.3, -0.25) is 0 Å². The lowest BCUT2D eigenvalue weighted by Gasteiger charge is -2.34. The van der Waals surface area contributed by atoms with Crippen LogP contribution in [0.3, 0.4) is 0 Å². The molecule has 8 aromatic carbocycles. The fourth-order valence-corrected chi connectivity index (χ4v) is 8.78. The van der Waals surface area contributed by atoms with E-state index in [0.29, 0.717) is 0 Å². The van der Waals surface area contributed by atoms with Gasteiger partial charge in [-0.05, 0) is 102 Å². The van der Waals surface area contributed by atoms with Crippen molar-refractivity contribution in [2.75, 3.05) is 9.80 Å². The van der Waals surface area contributed by atoms with Gasteiger partial charge in [0, 0.05) is 50.2 Å². The van der Waals surface area contributed by atoms with Crippen molar-refractivity contribution in [3.63, 3.8) is 0 Å². The predicted octanol–water partition coefficient (Wildman–Crippen LogP) is 14.0. The Morgan fingerprint density at radius 3 is 1.56 bits per heavy atom. The zero-order valence-electron chi connectivity index (χ0n) is 30.4. The molecule has 9 aromatic rings. The number of fused-ring (bicyclic) bond motifs is 6. The van der Waals surface area contributed by atoms with Gasteiger partial charge in [0.05, 0.1) is 22.4 Å². The van der Waals surface area contributed by atoms with Crippen LogP contribution in [0.15, 0.2) is 200 Å². The van der Waals surface area contributed by atoms with Crippen LogP contribution in [0, 0.1) is 0 Å². The molecule has 3 heteroatoms. The molecule has 0 bridgehead atoms. The number of anilines is 6. The summed E-state index contributed by atoms with van der Waals surface area (Å²) in [4.78, 5) is 4.89. The Balaban J connectivity index is 1.26. The average molecular weight is 694 g/mol. The van der Waals surface area contributed by atoms with E-state index in [0.717, 1.165) is 28.4 Å². The average Bonchev–Trinajstić information content (AvgIpc) is 3.69. The minimum atomic E-state index is -0.281. The third kappa shape index (κ3) is 4.97. The molecule has 10 rings (SSSR count). The number of nitrogens with zero attached hydrogens (tertiary/aromatic N) is 3. The van der Waals surface area contributed by atoms with Crippen LogP contribution < -0.4 is 9.80 Å². The van der Waals surface area contributed by atoms with Gasteiger partial charge in [0.2, 0.25) is 0 Å². The van der Waals surface area contributed by atoms with Gasteiger partial charge in [-0.1, -0.05) is 129 Å². The van der Waals surface area contributed by atoms with E-state index < -0.39 is 0 Å². The van der Waals surface area contributed by atoms with Crippen LogP contribution in [0.1, 0.15) is 25.0 Å². The van der Waals surface area contributed by atoms with Crippen molar-refractivity contribution in [1.82, 2.24) is 4.57 Å². The normalized spacial score (nSPS) is 12.8. The Labute approximate surface area is 316 Å². The maximum absolute atomic E-state index is 2.47. The second-order valence-electron chi connectivity index (χ2n) is 14.6. The summed E-state index contributed by atoms with van der Waals surface area (Å²) >= 11 is 0. The summed E-state index contributed by atoms with van der Waals surface area (Å²) in [5.41, 5.74) is 15.3. The first-order valence-electron chi connectivity index (χ1n) is 18.7. The number of hydrogen-bond acceptors (Lipinski definition) is 2. The van der Waals surface area contributed by atoms with Crippen LogP contribution in [0.4, 0.5) is 34.1 Å². The molecule has 1 aliphatic rings. The van der Waals surface area contributed by atoms with E-state index in [1.807, 2.05) is 0 Å². The highest BCUT2D eigenvalue weighted by molar-refractivity contribution is 6.11. The highest BCUT2D eigenvalue weighted by atomic mass is 15.2. The van der Waals surface area contributed by atoms with E-state index in [-0.39, 0.29) is 5.41 Å². The molecule has 0 N–H and O–H groups in total. The zero-order valence-corrected chi connectivity index (χ0v) is 30.4. The van der Waals surface area contributed by atoms with E-state index in [9.17, 15) is 0 Å². The van der Waals surface area contributed by atoms with Gasteiger partial charge in [0.25, 0.3) is 0 Å². The van der Waals surface area contributed by atoms with E-state index in [1.165, 1.54) is 55.4 Å². The number of hydrogen-bond donors (Lipinski definition) is 0. The van der Waals surface area contributed by atoms with Crippen molar-refractivity contribution in [3.8, 4) is 16.8 Å². The fourth-order valence-electron chi connectivity index (χ4n) is 8.78. The molecule has 258 valence electrons. The summed E-state index contributed by atoms with van der Waals surface area (Å²) in [6.45, 7) is 4.78. The number of aromatic nitrogens is 1. The first-order chi connectivity index (χ1) is 26.6. The molecule has 0 unspecified atom stereocenters. The predicted molar refractivity (Wildman–Crippen MR) is 228 cm³/mol. The Hall–Kier alpha value is -6.84. The largest absolute Gasteiger partial charge is 0.310 e. The molecule has 0 atom stereocenters. The number of para-hydroxylation sites is 5. The van der Waals surface area contributed by atoms with Gasteiger partial charge >= 0.3 is 0 Å². The van der Waals surface area contributed by atoms with Crippen molar-refractivity contribution in [2.24, 2.45) is 0 Å². The van der Waals surface area contributed by atoms with E-state index in [2.05, 4.69) is 228 Å². The molecular weight excluding hydrogens is 655 g/mol. The Morgan fingerprint density at radius 2 is 0.907 bits per heavy atom. The maximum atomic E-state index is 2.47. The Morgan fingerprint density at radius 1 is 0.407 bits per heavy atom. The smallest absolute Gasteiger partial charge is 0.0544 e. The minimum absolute atomic E-state index is 0.281. The molecule has 0 amide bonds. The first kappa shape index (κ1) is 31.9. The van der Waals surface area contributed by atoms with Gasteiger partial charge in [-0.2, -0.15) is 0 Å². The molecule has 0 radical (unpaired) electrons. The van der Waals surface area contributed by atoms with E-state index in [1.54, 1.807) is 0 Å². The molecular formula is C51H39N3. The zero-order chi connectivity index (χ0) is 36.2. The van der Waals surface area contributed by atoms with Gasteiger partial charge < -0.3 is 14.4 Å². The van der Waals surface area contributed by atoms with Crippen LogP contribution >= 0.6 is 0 Å². The van der Waals surface area contributed by atoms with Gasteiger partial charge in [-0.25, -0.2) is 0 Å². The van der Waals surface area contributed by atoms with Gasteiger partial charge in [0.1, 0.15) is 0 Å². The van der Waals surface area contributed by atoms with Crippen molar-refractivity contribution < 1.29 is 0 Å². The second kappa shape index (κ2) is 12.7. The quantitative estimate of drug-likeness (QED) is 0.165. The molecule has 1 aliphatic carbocycles. The van der Waals surface area contributed by atoms with Crippen LogP contribution in [-0.4, -0.2) is 4.57 Å². The van der Waals surface area contributed by atoms with Gasteiger partial charge in [0.15, 0.2) is 0 Å². The molecule has 0 aliphatic heterocycles. The molecule has 0 fully saturated rings. The molecule has 1 heterocycles. The van der Waals surface area contributed by atoms with Crippen molar-refractivity contribution in [1.29, 1.82) is 0 Å². The lowest BCUT2D eigenvalue weighted by molar-refractivity contribution is 0.661. The molecule has 0 saturated heterocycles. The Bertz CT molecular complexity index is 2750.